The molecule has 6 heteroatoms. The van der Waals surface area contributed by atoms with Crippen molar-refractivity contribution >= 4 is 6.03 Å². The Hall–Kier alpha value is -2.89. The molecule has 1 heterocycles. The van der Waals surface area contributed by atoms with E-state index in [2.05, 4.69) is 10.6 Å². The summed E-state index contributed by atoms with van der Waals surface area (Å²) in [5.74, 6) is 2.18. The highest BCUT2D eigenvalue weighted by Crippen LogP contribution is 2.34. The van der Waals surface area contributed by atoms with Gasteiger partial charge in [0.05, 0.1) is 13.2 Å². The molecule has 6 nitrogen and oxygen atoms in total. The van der Waals surface area contributed by atoms with Gasteiger partial charge in [-0.3, -0.25) is 0 Å². The molecule has 0 saturated heterocycles. The minimum absolute atomic E-state index is 0.155. The van der Waals surface area contributed by atoms with Crippen LogP contribution in [0.3, 0.4) is 0 Å². The molecular formula is C18H20N2O4. The third-order valence-electron chi connectivity index (χ3n) is 3.88. The zero-order valence-electron chi connectivity index (χ0n) is 13.7. The fraction of sp³-hybridized carbons (Fsp3) is 0.278. The molecule has 1 aliphatic rings. The Labute approximate surface area is 140 Å². The van der Waals surface area contributed by atoms with Crippen molar-refractivity contribution in [2.45, 2.75) is 19.5 Å². The van der Waals surface area contributed by atoms with Gasteiger partial charge in [0.25, 0.3) is 0 Å². The van der Waals surface area contributed by atoms with Crippen LogP contribution in [-0.4, -0.2) is 19.9 Å². The highest BCUT2D eigenvalue weighted by molar-refractivity contribution is 5.74. The van der Waals surface area contributed by atoms with Crippen LogP contribution in [0.4, 0.5) is 4.79 Å². The maximum Gasteiger partial charge on any atom is 0.315 e. The van der Waals surface area contributed by atoms with Gasteiger partial charge in [0, 0.05) is 12.1 Å². The number of hydrogen-bond acceptors (Lipinski definition) is 4. The van der Waals surface area contributed by atoms with Crippen molar-refractivity contribution in [1.82, 2.24) is 10.6 Å². The Morgan fingerprint density at radius 3 is 2.83 bits per heavy atom. The maximum absolute atomic E-state index is 12.1. The van der Waals surface area contributed by atoms with Gasteiger partial charge < -0.3 is 24.8 Å². The lowest BCUT2D eigenvalue weighted by Crippen LogP contribution is -2.36. The van der Waals surface area contributed by atoms with Crippen molar-refractivity contribution in [1.29, 1.82) is 0 Å². The van der Waals surface area contributed by atoms with Crippen LogP contribution in [0.2, 0.25) is 0 Å². The van der Waals surface area contributed by atoms with E-state index in [9.17, 15) is 4.79 Å². The van der Waals surface area contributed by atoms with Crippen molar-refractivity contribution in [3.63, 3.8) is 0 Å². The van der Waals surface area contributed by atoms with Crippen molar-refractivity contribution in [2.24, 2.45) is 0 Å². The first kappa shape index (κ1) is 16.0. The summed E-state index contributed by atoms with van der Waals surface area (Å²) >= 11 is 0. The predicted molar refractivity (Wildman–Crippen MR) is 89.3 cm³/mol. The van der Waals surface area contributed by atoms with E-state index in [1.54, 1.807) is 7.11 Å². The van der Waals surface area contributed by atoms with Gasteiger partial charge in [-0.1, -0.05) is 24.3 Å². The molecule has 1 atom stereocenters. The Morgan fingerprint density at radius 1 is 1.21 bits per heavy atom. The topological polar surface area (TPSA) is 68.8 Å². The number of carbonyl (C=O) groups is 1. The molecule has 0 fully saturated rings. The Morgan fingerprint density at radius 2 is 2.00 bits per heavy atom. The summed E-state index contributed by atoms with van der Waals surface area (Å²) < 4.78 is 15.9. The Kier molecular flexibility index (Phi) is 4.74. The number of nitrogens with one attached hydrogen (secondary N) is 2. The highest BCUT2D eigenvalue weighted by atomic mass is 16.7. The molecule has 2 aromatic rings. The van der Waals surface area contributed by atoms with Gasteiger partial charge >= 0.3 is 6.03 Å². The van der Waals surface area contributed by atoms with E-state index in [0.717, 1.165) is 22.6 Å². The van der Waals surface area contributed by atoms with E-state index < -0.39 is 0 Å². The van der Waals surface area contributed by atoms with E-state index in [0.29, 0.717) is 12.3 Å². The molecule has 0 saturated carbocycles. The first-order valence-electron chi connectivity index (χ1n) is 7.73. The van der Waals surface area contributed by atoms with Crippen LogP contribution in [-0.2, 0) is 6.54 Å². The number of methoxy groups -OCH3 is 1. The first-order valence-corrected chi connectivity index (χ1v) is 7.73. The molecule has 1 unspecified atom stereocenters. The summed E-state index contributed by atoms with van der Waals surface area (Å²) in [5, 5.41) is 5.75. The standard InChI is InChI=1S/C18H20N2O4/c1-12(13-7-8-16-17(9-13)24-11-23-16)20-18(21)19-10-14-5-3-4-6-15(14)22-2/h3-9,12H,10-11H2,1-2H3,(H2,19,20,21). The normalized spacial score (nSPS) is 13.2. The quantitative estimate of drug-likeness (QED) is 0.885. The smallest absolute Gasteiger partial charge is 0.315 e. The minimum Gasteiger partial charge on any atom is -0.496 e. The van der Waals surface area contributed by atoms with Gasteiger partial charge in [0.1, 0.15) is 5.75 Å². The third kappa shape index (κ3) is 3.53. The molecule has 1 aliphatic heterocycles. The average molecular weight is 328 g/mol. The van der Waals surface area contributed by atoms with Crippen LogP contribution in [0.25, 0.3) is 0 Å². The zero-order valence-corrected chi connectivity index (χ0v) is 13.7. The second kappa shape index (κ2) is 7.12. The number of ether oxygens (including phenoxy) is 3. The summed E-state index contributed by atoms with van der Waals surface area (Å²) in [4.78, 5) is 12.1. The summed E-state index contributed by atoms with van der Waals surface area (Å²) in [6.45, 7) is 2.55. The van der Waals surface area contributed by atoms with Gasteiger partial charge in [-0.2, -0.15) is 0 Å². The summed E-state index contributed by atoms with van der Waals surface area (Å²) in [6, 6.07) is 12.8. The number of benzene rings is 2. The number of para-hydroxylation sites is 1. The summed E-state index contributed by atoms with van der Waals surface area (Å²) in [6.07, 6.45) is 0. The SMILES string of the molecule is COc1ccccc1CNC(=O)NC(C)c1ccc2c(c1)OCO2. The number of rotatable bonds is 5. The molecule has 2 aromatic carbocycles. The van der Waals surface area contributed by atoms with Crippen molar-refractivity contribution < 1.29 is 19.0 Å². The Balaban J connectivity index is 1.56. The molecule has 2 amide bonds. The first-order chi connectivity index (χ1) is 11.7. The van der Waals surface area contributed by atoms with Gasteiger partial charge in [0.2, 0.25) is 6.79 Å². The Bertz CT molecular complexity index is 733. The van der Waals surface area contributed by atoms with Gasteiger partial charge in [0.15, 0.2) is 11.5 Å². The maximum atomic E-state index is 12.1. The van der Waals surface area contributed by atoms with E-state index in [-0.39, 0.29) is 18.9 Å². The van der Waals surface area contributed by atoms with Gasteiger partial charge in [-0.05, 0) is 30.7 Å². The molecule has 126 valence electrons. The second-order valence-electron chi connectivity index (χ2n) is 5.47. The number of carbonyl (C=O) groups excluding carboxylic acids is 1. The van der Waals surface area contributed by atoms with Gasteiger partial charge in [-0.25, -0.2) is 4.79 Å². The number of urea groups is 1. The minimum atomic E-state index is -0.244. The van der Waals surface area contributed by atoms with E-state index >= 15 is 0 Å². The molecule has 0 aliphatic carbocycles. The van der Waals surface area contributed by atoms with Crippen LogP contribution in [0, 0.1) is 0 Å². The van der Waals surface area contributed by atoms with E-state index in [1.165, 1.54) is 0 Å². The van der Waals surface area contributed by atoms with E-state index in [1.807, 2.05) is 49.4 Å². The van der Waals surface area contributed by atoms with Crippen molar-refractivity contribution in [3.05, 3.63) is 53.6 Å². The third-order valence-corrected chi connectivity index (χ3v) is 3.88. The van der Waals surface area contributed by atoms with Crippen LogP contribution in [0.1, 0.15) is 24.1 Å². The lowest BCUT2D eigenvalue weighted by atomic mass is 10.1. The average Bonchev–Trinajstić information content (AvgIpc) is 3.07. The summed E-state index contributed by atoms with van der Waals surface area (Å²) in [7, 11) is 1.61. The molecule has 24 heavy (non-hydrogen) atoms. The number of fused-ring (bicyclic) bond motifs is 1. The fourth-order valence-electron chi connectivity index (χ4n) is 2.54. The lowest BCUT2D eigenvalue weighted by Gasteiger charge is -2.16. The fourth-order valence-corrected chi connectivity index (χ4v) is 2.54. The largest absolute Gasteiger partial charge is 0.496 e. The predicted octanol–water partition coefficient (Wildman–Crippen LogP) is 2.98. The lowest BCUT2D eigenvalue weighted by molar-refractivity contribution is 0.174. The van der Waals surface area contributed by atoms with Crippen LogP contribution in [0.15, 0.2) is 42.5 Å². The zero-order chi connectivity index (χ0) is 16.9. The molecule has 0 spiro atoms. The molecule has 0 radical (unpaired) electrons. The van der Waals surface area contributed by atoms with Crippen LogP contribution >= 0.6 is 0 Å². The van der Waals surface area contributed by atoms with Crippen molar-refractivity contribution in [3.8, 4) is 17.2 Å². The molecular weight excluding hydrogens is 308 g/mol. The van der Waals surface area contributed by atoms with E-state index in [4.69, 9.17) is 14.2 Å². The van der Waals surface area contributed by atoms with Crippen LogP contribution < -0.4 is 24.8 Å². The monoisotopic (exact) mass is 328 g/mol. The summed E-state index contributed by atoms with van der Waals surface area (Å²) in [5.41, 5.74) is 1.87. The number of hydrogen-bond donors (Lipinski definition) is 2. The van der Waals surface area contributed by atoms with Crippen LogP contribution in [0.5, 0.6) is 17.2 Å². The van der Waals surface area contributed by atoms with Crippen molar-refractivity contribution in [2.75, 3.05) is 13.9 Å². The molecule has 0 bridgehead atoms. The second-order valence-corrected chi connectivity index (χ2v) is 5.47. The molecule has 2 N–H and O–H groups in total. The number of amides is 2. The molecule has 0 aromatic heterocycles. The highest BCUT2D eigenvalue weighted by Gasteiger charge is 2.16. The molecule has 3 rings (SSSR count). The van der Waals surface area contributed by atoms with Gasteiger partial charge in [-0.15, -0.1) is 0 Å².